The first-order chi connectivity index (χ1) is 7.46. The molecule has 0 aromatic rings. The summed E-state index contributed by atoms with van der Waals surface area (Å²) in [5.41, 5.74) is -1.68. The quantitative estimate of drug-likeness (QED) is 0.744. The number of hydrogen-bond donors (Lipinski definition) is 2. The molecule has 1 heterocycles. The van der Waals surface area contributed by atoms with Gasteiger partial charge < -0.3 is 5.11 Å². The minimum absolute atomic E-state index is 0.0616. The highest BCUT2D eigenvalue weighted by Gasteiger charge is 2.50. The Morgan fingerprint density at radius 1 is 1.29 bits per heavy atom. The fourth-order valence-electron chi connectivity index (χ4n) is 1.59. The third-order valence-corrected chi connectivity index (χ3v) is 2.70. The Balaban J connectivity index is 3.31. The van der Waals surface area contributed by atoms with Crippen LogP contribution in [0.15, 0.2) is 15.8 Å². The van der Waals surface area contributed by atoms with Crippen molar-refractivity contribution in [1.82, 2.24) is 0 Å². The van der Waals surface area contributed by atoms with Crippen molar-refractivity contribution in [2.45, 2.75) is 45.5 Å². The van der Waals surface area contributed by atoms with Gasteiger partial charge in [0.25, 0.3) is 0 Å². The molecule has 0 aromatic carbocycles. The summed E-state index contributed by atoms with van der Waals surface area (Å²) in [5, 5.41) is 12.8. The van der Waals surface area contributed by atoms with E-state index >= 15 is 0 Å². The Hall–Kier alpha value is -0.590. The summed E-state index contributed by atoms with van der Waals surface area (Å²) < 4.78 is 38.0. The minimum Gasteiger partial charge on any atom is -0.383 e. The lowest BCUT2D eigenvalue weighted by molar-refractivity contribution is -0.917. The van der Waals surface area contributed by atoms with Crippen molar-refractivity contribution < 1.29 is 23.3 Å². The van der Waals surface area contributed by atoms with Gasteiger partial charge in [-0.2, -0.15) is 18.2 Å². The number of quaternary nitrogens is 1. The summed E-state index contributed by atoms with van der Waals surface area (Å²) in [6.45, 7) is 6.53. The van der Waals surface area contributed by atoms with Gasteiger partial charge >= 0.3 is 6.18 Å². The zero-order chi connectivity index (χ0) is 13.6. The van der Waals surface area contributed by atoms with Crippen LogP contribution in [0.4, 0.5) is 13.2 Å². The molecule has 0 aromatic heterocycles. The second-order valence-corrected chi connectivity index (χ2v) is 5.34. The van der Waals surface area contributed by atoms with Crippen molar-refractivity contribution >= 4 is 17.3 Å². The van der Waals surface area contributed by atoms with E-state index in [0.29, 0.717) is 0 Å². The maximum Gasteiger partial charge on any atom is 0.440 e. The second-order valence-electron chi connectivity index (χ2n) is 4.96. The molecular formula is C10H15ClF3N2O+. The molecule has 0 saturated heterocycles. The van der Waals surface area contributed by atoms with Crippen LogP contribution < -0.4 is 5.01 Å². The Morgan fingerprint density at radius 3 is 2.00 bits per heavy atom. The zero-order valence-electron chi connectivity index (χ0n) is 9.98. The first-order valence-corrected chi connectivity index (χ1v) is 5.46. The van der Waals surface area contributed by atoms with Crippen LogP contribution >= 0.6 is 11.6 Å². The van der Waals surface area contributed by atoms with Crippen LogP contribution in [-0.4, -0.2) is 28.6 Å². The Morgan fingerprint density at radius 2 is 1.76 bits per heavy atom. The third kappa shape index (κ3) is 2.81. The van der Waals surface area contributed by atoms with Gasteiger partial charge in [-0.05, 0) is 27.7 Å². The van der Waals surface area contributed by atoms with Gasteiger partial charge in [-0.3, -0.25) is 0 Å². The lowest BCUT2D eigenvalue weighted by Gasteiger charge is -2.26. The lowest BCUT2D eigenvalue weighted by Crippen LogP contribution is -3.13. The van der Waals surface area contributed by atoms with Crippen molar-refractivity contribution in [3.8, 4) is 0 Å². The van der Waals surface area contributed by atoms with Crippen LogP contribution in [0.3, 0.4) is 0 Å². The summed E-state index contributed by atoms with van der Waals surface area (Å²) in [5.74, 6) is 0. The number of halogens is 4. The van der Waals surface area contributed by atoms with E-state index in [4.69, 9.17) is 11.6 Å². The largest absolute Gasteiger partial charge is 0.440 e. The fourth-order valence-corrected chi connectivity index (χ4v) is 1.99. The topological polar surface area (TPSA) is 37.0 Å². The number of nitrogens with one attached hydrogen (secondary N) is 1. The van der Waals surface area contributed by atoms with Gasteiger partial charge in [-0.25, -0.2) is 0 Å². The van der Waals surface area contributed by atoms with Crippen LogP contribution in [-0.2, 0) is 0 Å². The fraction of sp³-hybridized carbons (Fsp3) is 0.700. The van der Waals surface area contributed by atoms with E-state index < -0.39 is 28.6 Å². The average Bonchev–Trinajstić information content (AvgIpc) is 2.40. The summed E-state index contributed by atoms with van der Waals surface area (Å²) in [6, 6.07) is 0. The van der Waals surface area contributed by atoms with Crippen LogP contribution in [0, 0.1) is 0 Å². The minimum atomic E-state index is -4.61. The van der Waals surface area contributed by atoms with Gasteiger partial charge in [0.1, 0.15) is 16.7 Å². The molecule has 17 heavy (non-hydrogen) atoms. The normalized spacial score (nSPS) is 24.1. The molecule has 0 fully saturated rings. The van der Waals surface area contributed by atoms with Crippen LogP contribution in [0.2, 0.25) is 0 Å². The SMILES string of the molecule is CC(O)C1=C(Cl)C(C(F)(F)F)=N[NH+]1C(C)(C)C. The maximum atomic E-state index is 12.7. The van der Waals surface area contributed by atoms with E-state index in [1.807, 2.05) is 0 Å². The standard InChI is InChI=1S/C10H14ClF3N2O/c1-5(17)7-6(11)8(10(12,13)14)15-16(7)9(2,3)4/h5,17H,1-4H3/p+1. The predicted molar refractivity (Wildman–Crippen MR) is 58.8 cm³/mol. The van der Waals surface area contributed by atoms with Crippen LogP contribution in [0.5, 0.6) is 0 Å². The van der Waals surface area contributed by atoms with E-state index in [2.05, 4.69) is 5.10 Å². The number of nitrogens with zero attached hydrogens (tertiary/aromatic N) is 1. The van der Waals surface area contributed by atoms with Crippen molar-refractivity contribution in [2.75, 3.05) is 0 Å². The number of aliphatic hydroxyl groups excluding tert-OH is 1. The van der Waals surface area contributed by atoms with E-state index in [-0.39, 0.29) is 10.7 Å². The Kier molecular flexibility index (Phi) is 3.63. The molecule has 0 saturated carbocycles. The highest BCUT2D eigenvalue weighted by Crippen LogP contribution is 2.28. The van der Waals surface area contributed by atoms with Crippen LogP contribution in [0.25, 0.3) is 0 Å². The van der Waals surface area contributed by atoms with Crippen molar-refractivity contribution in [1.29, 1.82) is 0 Å². The van der Waals surface area contributed by atoms with E-state index in [0.717, 1.165) is 0 Å². The highest BCUT2D eigenvalue weighted by molar-refractivity contribution is 6.45. The molecule has 7 heteroatoms. The smallest absolute Gasteiger partial charge is 0.383 e. The van der Waals surface area contributed by atoms with Gasteiger partial charge in [-0.1, -0.05) is 16.7 Å². The monoisotopic (exact) mass is 271 g/mol. The van der Waals surface area contributed by atoms with Crippen LogP contribution in [0.1, 0.15) is 27.7 Å². The van der Waals surface area contributed by atoms with Gasteiger partial charge in [0.2, 0.25) is 5.71 Å². The molecule has 0 bridgehead atoms. The van der Waals surface area contributed by atoms with E-state index in [1.54, 1.807) is 20.8 Å². The van der Waals surface area contributed by atoms with Gasteiger partial charge in [0.05, 0.1) is 0 Å². The first kappa shape index (κ1) is 14.5. The summed E-state index contributed by atoms with van der Waals surface area (Å²) in [7, 11) is 0. The summed E-state index contributed by atoms with van der Waals surface area (Å²) in [4.78, 5) is 0. The molecule has 1 rings (SSSR count). The molecule has 1 aliphatic heterocycles. The predicted octanol–water partition coefficient (Wildman–Crippen LogP) is 1.43. The first-order valence-electron chi connectivity index (χ1n) is 5.08. The second kappa shape index (κ2) is 4.26. The molecule has 3 nitrogen and oxygen atoms in total. The summed E-state index contributed by atoms with van der Waals surface area (Å²) in [6.07, 6.45) is -5.69. The van der Waals surface area contributed by atoms with Gasteiger partial charge in [0, 0.05) is 0 Å². The number of hydrogen-bond acceptors (Lipinski definition) is 2. The number of rotatable bonds is 1. The Labute approximate surface area is 103 Å². The van der Waals surface area contributed by atoms with Crippen molar-refractivity contribution in [2.24, 2.45) is 5.10 Å². The molecule has 1 aliphatic rings. The molecule has 0 aliphatic carbocycles. The molecule has 0 radical (unpaired) electrons. The van der Waals surface area contributed by atoms with Gasteiger partial charge in [-0.15, -0.1) is 0 Å². The van der Waals surface area contributed by atoms with Gasteiger partial charge in [0.15, 0.2) is 5.70 Å². The number of aliphatic hydroxyl groups is 1. The molecule has 0 spiro atoms. The van der Waals surface area contributed by atoms with E-state index in [9.17, 15) is 18.3 Å². The lowest BCUT2D eigenvalue weighted by atomic mass is 10.1. The molecular weight excluding hydrogens is 257 g/mol. The number of allylic oxidation sites excluding steroid dienone is 1. The van der Waals surface area contributed by atoms with Crippen molar-refractivity contribution in [3.63, 3.8) is 0 Å². The number of alkyl halides is 3. The molecule has 2 atom stereocenters. The molecule has 2 N–H and O–H groups in total. The van der Waals surface area contributed by atoms with E-state index in [1.165, 1.54) is 6.92 Å². The van der Waals surface area contributed by atoms with Crippen molar-refractivity contribution in [3.05, 3.63) is 10.7 Å². The Bertz CT molecular complexity index is 380. The third-order valence-electron chi connectivity index (χ3n) is 2.32. The average molecular weight is 272 g/mol. The molecule has 0 amide bonds. The molecule has 98 valence electrons. The molecule has 2 unspecified atom stereocenters. The highest BCUT2D eigenvalue weighted by atomic mass is 35.5. The summed E-state index contributed by atoms with van der Waals surface area (Å²) >= 11 is 5.67. The zero-order valence-corrected chi connectivity index (χ0v) is 10.7. The maximum absolute atomic E-state index is 12.7.